The van der Waals surface area contributed by atoms with E-state index in [2.05, 4.69) is 25.3 Å². The van der Waals surface area contributed by atoms with Crippen LogP contribution in [-0.2, 0) is 17.4 Å². The molecule has 0 atom stereocenters. The number of amides is 1. The molecule has 2 heterocycles. The van der Waals surface area contributed by atoms with Gasteiger partial charge in [0, 0.05) is 11.8 Å². The molecule has 2 aromatic heterocycles. The monoisotopic (exact) mass is 409 g/mol. The minimum Gasteiger partial charge on any atom is -0.310 e. The molecule has 0 saturated heterocycles. The maximum atomic E-state index is 13.0. The molecule has 9 heteroatoms. The van der Waals surface area contributed by atoms with E-state index in [-0.39, 0.29) is 18.0 Å². The van der Waals surface area contributed by atoms with Gasteiger partial charge in [-0.1, -0.05) is 24.3 Å². The van der Waals surface area contributed by atoms with Crippen molar-refractivity contribution in [2.45, 2.75) is 12.6 Å². The minimum absolute atomic E-state index is 0.00205. The van der Waals surface area contributed by atoms with Crippen LogP contribution in [0.5, 0.6) is 0 Å². The highest BCUT2D eigenvalue weighted by Gasteiger charge is 2.30. The van der Waals surface area contributed by atoms with E-state index in [4.69, 9.17) is 0 Å². The van der Waals surface area contributed by atoms with Crippen LogP contribution in [0.1, 0.15) is 11.1 Å². The van der Waals surface area contributed by atoms with Crippen LogP contribution >= 0.6 is 0 Å². The first kappa shape index (κ1) is 19.4. The Hall–Kier alpha value is -3.88. The van der Waals surface area contributed by atoms with E-state index < -0.39 is 11.7 Å². The van der Waals surface area contributed by atoms with E-state index >= 15 is 0 Å². The molecule has 30 heavy (non-hydrogen) atoms. The number of benzene rings is 2. The van der Waals surface area contributed by atoms with Gasteiger partial charge in [-0.3, -0.25) is 9.78 Å². The fraction of sp³-hybridized carbons (Fsp3) is 0.0952. The summed E-state index contributed by atoms with van der Waals surface area (Å²) < 4.78 is 39.1. The van der Waals surface area contributed by atoms with Crippen LogP contribution in [0.2, 0.25) is 0 Å². The van der Waals surface area contributed by atoms with Gasteiger partial charge in [0.1, 0.15) is 12.1 Å². The Labute approximate surface area is 168 Å². The zero-order valence-electron chi connectivity index (χ0n) is 15.4. The first-order valence-corrected chi connectivity index (χ1v) is 8.88. The second kappa shape index (κ2) is 7.86. The molecule has 1 N–H and O–H groups in total. The number of carbonyl (C=O) groups excluding carboxylic acids is 1. The van der Waals surface area contributed by atoms with Gasteiger partial charge in [-0.2, -0.15) is 13.2 Å². The molecule has 0 bridgehead atoms. The molecule has 0 fully saturated rings. The lowest BCUT2D eigenvalue weighted by Gasteiger charge is -2.10. The molecule has 0 aliphatic heterocycles. The Bertz CT molecular complexity index is 1210. The van der Waals surface area contributed by atoms with Gasteiger partial charge in [-0.15, -0.1) is 0 Å². The van der Waals surface area contributed by atoms with Crippen LogP contribution in [0.4, 0.5) is 19.0 Å². The highest BCUT2D eigenvalue weighted by atomic mass is 19.4. The second-order valence-corrected chi connectivity index (χ2v) is 6.44. The Balaban J connectivity index is 1.67. The number of rotatable bonds is 4. The Kier molecular flexibility index (Phi) is 5.09. The molecule has 4 aromatic rings. The van der Waals surface area contributed by atoms with Crippen molar-refractivity contribution in [1.29, 1.82) is 0 Å². The molecule has 4 rings (SSSR count). The van der Waals surface area contributed by atoms with Gasteiger partial charge in [-0.25, -0.2) is 15.0 Å². The summed E-state index contributed by atoms with van der Waals surface area (Å²) in [7, 11) is 0. The molecular weight excluding hydrogens is 395 g/mol. The first-order valence-electron chi connectivity index (χ1n) is 8.88. The number of hydrogen-bond donors (Lipinski definition) is 1. The van der Waals surface area contributed by atoms with Crippen LogP contribution in [0.3, 0.4) is 0 Å². The van der Waals surface area contributed by atoms with Crippen molar-refractivity contribution in [2.24, 2.45) is 0 Å². The smallest absolute Gasteiger partial charge is 0.310 e. The number of halogens is 3. The standard InChI is InChI=1S/C21H14F3N5O/c22-21(23,24)15-5-1-3-13(9-15)17-11-26-16-6-2-4-14(20(16)28-17)10-19(30)29-18-7-8-25-12-27-18/h1-9,11-12H,10H2,(H,25,27,29,30). The first-order chi connectivity index (χ1) is 14.4. The average molecular weight is 409 g/mol. The van der Waals surface area contributed by atoms with Crippen LogP contribution in [0, 0.1) is 0 Å². The summed E-state index contributed by atoms with van der Waals surface area (Å²) in [6, 6.07) is 11.7. The third-order valence-electron chi connectivity index (χ3n) is 4.34. The minimum atomic E-state index is -4.45. The summed E-state index contributed by atoms with van der Waals surface area (Å²) in [6.45, 7) is 0. The number of aromatic nitrogens is 4. The Morgan fingerprint density at radius 2 is 1.87 bits per heavy atom. The molecule has 0 radical (unpaired) electrons. The average Bonchev–Trinajstić information content (AvgIpc) is 2.74. The number of carbonyl (C=O) groups is 1. The molecule has 0 aliphatic carbocycles. The van der Waals surface area contributed by atoms with Gasteiger partial charge >= 0.3 is 6.18 Å². The van der Waals surface area contributed by atoms with Gasteiger partial charge in [0.05, 0.1) is 34.9 Å². The van der Waals surface area contributed by atoms with Crippen LogP contribution < -0.4 is 5.32 Å². The van der Waals surface area contributed by atoms with Gasteiger partial charge in [0.2, 0.25) is 5.91 Å². The summed E-state index contributed by atoms with van der Waals surface area (Å²) >= 11 is 0. The highest BCUT2D eigenvalue weighted by molar-refractivity contribution is 5.94. The third-order valence-corrected chi connectivity index (χ3v) is 4.34. The Morgan fingerprint density at radius 1 is 1.03 bits per heavy atom. The van der Waals surface area contributed by atoms with Gasteiger partial charge in [-0.05, 0) is 29.8 Å². The number of nitrogens with one attached hydrogen (secondary N) is 1. The number of hydrogen-bond acceptors (Lipinski definition) is 5. The maximum Gasteiger partial charge on any atom is 0.416 e. The molecular formula is C21H14F3N5O. The highest BCUT2D eigenvalue weighted by Crippen LogP contribution is 2.32. The molecule has 1 amide bonds. The van der Waals surface area contributed by atoms with E-state index in [1.165, 1.54) is 30.9 Å². The predicted molar refractivity (Wildman–Crippen MR) is 104 cm³/mol. The van der Waals surface area contributed by atoms with E-state index in [1.807, 2.05) is 0 Å². The van der Waals surface area contributed by atoms with Crippen molar-refractivity contribution in [3.05, 3.63) is 78.4 Å². The molecule has 0 spiro atoms. The van der Waals surface area contributed by atoms with Crippen molar-refractivity contribution in [1.82, 2.24) is 19.9 Å². The molecule has 6 nitrogen and oxygen atoms in total. The summed E-state index contributed by atoms with van der Waals surface area (Å²) in [5.74, 6) is 0.0541. The van der Waals surface area contributed by atoms with E-state index in [9.17, 15) is 18.0 Å². The summed E-state index contributed by atoms with van der Waals surface area (Å²) in [5.41, 5.74) is 1.40. The third kappa shape index (κ3) is 4.24. The number of alkyl halides is 3. The van der Waals surface area contributed by atoms with Gasteiger partial charge in [0.15, 0.2) is 0 Å². The van der Waals surface area contributed by atoms with Crippen molar-refractivity contribution in [2.75, 3.05) is 5.32 Å². The van der Waals surface area contributed by atoms with E-state index in [0.29, 0.717) is 28.0 Å². The largest absolute Gasteiger partial charge is 0.416 e. The topological polar surface area (TPSA) is 80.7 Å². The lowest BCUT2D eigenvalue weighted by molar-refractivity contribution is -0.137. The molecule has 150 valence electrons. The Morgan fingerprint density at radius 3 is 2.63 bits per heavy atom. The lowest BCUT2D eigenvalue weighted by Crippen LogP contribution is -2.15. The molecule has 0 saturated carbocycles. The predicted octanol–water partition coefficient (Wildman–Crippen LogP) is 4.29. The normalized spacial score (nSPS) is 11.4. The number of anilines is 1. The summed E-state index contributed by atoms with van der Waals surface area (Å²) in [6.07, 6.45) is -0.206. The molecule has 2 aromatic carbocycles. The van der Waals surface area contributed by atoms with Crippen molar-refractivity contribution < 1.29 is 18.0 Å². The summed E-state index contributed by atoms with van der Waals surface area (Å²) in [5, 5.41) is 2.66. The van der Waals surface area contributed by atoms with E-state index in [0.717, 1.165) is 12.1 Å². The molecule has 0 unspecified atom stereocenters. The SMILES string of the molecule is O=C(Cc1cccc2ncc(-c3cccc(C(F)(F)F)c3)nc12)Nc1ccncn1. The second-order valence-electron chi connectivity index (χ2n) is 6.44. The fourth-order valence-corrected chi connectivity index (χ4v) is 2.95. The van der Waals surface area contributed by atoms with Crippen molar-refractivity contribution in [3.8, 4) is 11.3 Å². The number of para-hydroxylation sites is 1. The van der Waals surface area contributed by atoms with Crippen LogP contribution in [0.25, 0.3) is 22.3 Å². The lowest BCUT2D eigenvalue weighted by atomic mass is 10.1. The number of fused-ring (bicyclic) bond motifs is 1. The van der Waals surface area contributed by atoms with Gasteiger partial charge in [0.25, 0.3) is 0 Å². The fourth-order valence-electron chi connectivity index (χ4n) is 2.95. The van der Waals surface area contributed by atoms with Crippen LogP contribution in [0.15, 0.2) is 67.3 Å². The van der Waals surface area contributed by atoms with Crippen LogP contribution in [-0.4, -0.2) is 25.8 Å². The van der Waals surface area contributed by atoms with Gasteiger partial charge < -0.3 is 5.32 Å². The maximum absolute atomic E-state index is 13.0. The van der Waals surface area contributed by atoms with E-state index in [1.54, 1.807) is 24.3 Å². The number of nitrogens with zero attached hydrogens (tertiary/aromatic N) is 4. The van der Waals surface area contributed by atoms with Crippen molar-refractivity contribution in [3.63, 3.8) is 0 Å². The zero-order chi connectivity index (χ0) is 21.1. The quantitative estimate of drug-likeness (QED) is 0.544. The zero-order valence-corrected chi connectivity index (χ0v) is 15.4. The summed E-state index contributed by atoms with van der Waals surface area (Å²) in [4.78, 5) is 28.9. The van der Waals surface area contributed by atoms with Crippen molar-refractivity contribution >= 4 is 22.8 Å². The molecule has 0 aliphatic rings.